The summed E-state index contributed by atoms with van der Waals surface area (Å²) in [4.78, 5) is 24.2. The summed E-state index contributed by atoms with van der Waals surface area (Å²) < 4.78 is 26.2. The number of piperidine rings is 1. The lowest BCUT2D eigenvalue weighted by Crippen LogP contribution is -2.53. The number of carboxylic acid groups (broad SMARTS) is 1. The Bertz CT molecular complexity index is 736. The zero-order valence-corrected chi connectivity index (χ0v) is 16.5. The molecule has 1 aliphatic heterocycles. The molecule has 0 bridgehead atoms. The summed E-state index contributed by atoms with van der Waals surface area (Å²) in [6.07, 6.45) is 2.77. The molecule has 1 aromatic rings. The number of carbonyl (C=O) groups excluding carboxylic acids is 1. The van der Waals surface area contributed by atoms with Crippen molar-refractivity contribution in [2.24, 2.45) is 5.92 Å². The molecule has 0 radical (unpaired) electrons. The SMILES string of the molecule is CCCS(=O)(=O)N1CCCCC1C(=O)NCC(Cc1ccccc1)C(=O)O. The number of aliphatic carboxylic acids is 1. The first-order valence-corrected chi connectivity index (χ1v) is 11.0. The number of carboxylic acids is 1. The van der Waals surface area contributed by atoms with Gasteiger partial charge >= 0.3 is 5.97 Å². The van der Waals surface area contributed by atoms with Gasteiger partial charge in [-0.15, -0.1) is 0 Å². The van der Waals surface area contributed by atoms with Gasteiger partial charge in [-0.3, -0.25) is 9.59 Å². The van der Waals surface area contributed by atoms with Gasteiger partial charge in [-0.05, 0) is 31.2 Å². The van der Waals surface area contributed by atoms with Crippen molar-refractivity contribution in [2.75, 3.05) is 18.8 Å². The maximum absolute atomic E-state index is 12.6. The van der Waals surface area contributed by atoms with E-state index in [4.69, 9.17) is 0 Å². The number of nitrogens with one attached hydrogen (secondary N) is 1. The summed E-state index contributed by atoms with van der Waals surface area (Å²) in [5.74, 6) is -2.14. The molecule has 7 nitrogen and oxygen atoms in total. The van der Waals surface area contributed by atoms with Gasteiger partial charge in [0.2, 0.25) is 15.9 Å². The molecule has 1 saturated heterocycles. The van der Waals surface area contributed by atoms with Crippen molar-refractivity contribution in [2.45, 2.75) is 45.1 Å². The van der Waals surface area contributed by atoms with Gasteiger partial charge < -0.3 is 10.4 Å². The molecule has 27 heavy (non-hydrogen) atoms. The van der Waals surface area contributed by atoms with E-state index in [0.717, 1.165) is 18.4 Å². The maximum atomic E-state index is 12.6. The first-order chi connectivity index (χ1) is 12.8. The molecule has 0 aliphatic carbocycles. The minimum atomic E-state index is -3.47. The van der Waals surface area contributed by atoms with E-state index in [1.54, 1.807) is 6.92 Å². The largest absolute Gasteiger partial charge is 0.481 e. The first-order valence-electron chi connectivity index (χ1n) is 9.39. The standard InChI is InChI=1S/C19H28N2O5S/c1-2-12-27(25,26)21-11-7-6-10-17(21)18(22)20-14-16(19(23)24)13-15-8-4-3-5-9-15/h3-5,8-9,16-17H,2,6-7,10-14H2,1H3,(H,20,22)(H,23,24). The summed E-state index contributed by atoms with van der Waals surface area (Å²) >= 11 is 0. The molecular weight excluding hydrogens is 368 g/mol. The topological polar surface area (TPSA) is 104 Å². The van der Waals surface area contributed by atoms with E-state index in [0.29, 0.717) is 25.8 Å². The number of sulfonamides is 1. The lowest BCUT2D eigenvalue weighted by Gasteiger charge is -2.33. The van der Waals surface area contributed by atoms with Crippen molar-refractivity contribution in [3.05, 3.63) is 35.9 Å². The minimum Gasteiger partial charge on any atom is -0.481 e. The van der Waals surface area contributed by atoms with E-state index >= 15 is 0 Å². The van der Waals surface area contributed by atoms with Crippen molar-refractivity contribution in [1.82, 2.24) is 9.62 Å². The van der Waals surface area contributed by atoms with Crippen molar-refractivity contribution in [1.29, 1.82) is 0 Å². The van der Waals surface area contributed by atoms with Crippen LogP contribution >= 0.6 is 0 Å². The summed E-state index contributed by atoms with van der Waals surface area (Å²) in [5.41, 5.74) is 0.879. The zero-order chi connectivity index (χ0) is 19.9. The van der Waals surface area contributed by atoms with Crippen LogP contribution in [0, 0.1) is 5.92 Å². The van der Waals surface area contributed by atoms with Gasteiger partial charge in [0.1, 0.15) is 6.04 Å². The van der Waals surface area contributed by atoms with Crippen LogP contribution in [-0.2, 0) is 26.0 Å². The molecule has 1 heterocycles. The van der Waals surface area contributed by atoms with Gasteiger partial charge in [-0.1, -0.05) is 43.7 Å². The fourth-order valence-corrected chi connectivity index (χ4v) is 5.11. The van der Waals surface area contributed by atoms with Crippen molar-refractivity contribution >= 4 is 21.9 Å². The Labute approximate surface area is 160 Å². The molecule has 0 spiro atoms. The fraction of sp³-hybridized carbons (Fsp3) is 0.579. The molecule has 1 aliphatic rings. The van der Waals surface area contributed by atoms with Gasteiger partial charge in [0.25, 0.3) is 0 Å². The second kappa shape index (κ2) is 9.85. The van der Waals surface area contributed by atoms with Crippen molar-refractivity contribution < 1.29 is 23.1 Å². The molecule has 1 amide bonds. The monoisotopic (exact) mass is 396 g/mol. The average molecular weight is 397 g/mol. The maximum Gasteiger partial charge on any atom is 0.308 e. The van der Waals surface area contributed by atoms with Gasteiger partial charge in [0, 0.05) is 13.1 Å². The van der Waals surface area contributed by atoms with Crippen LogP contribution < -0.4 is 5.32 Å². The van der Waals surface area contributed by atoms with E-state index in [1.807, 2.05) is 30.3 Å². The van der Waals surface area contributed by atoms with E-state index in [1.165, 1.54) is 4.31 Å². The van der Waals surface area contributed by atoms with E-state index in [2.05, 4.69) is 5.32 Å². The van der Waals surface area contributed by atoms with Crippen LogP contribution in [-0.4, -0.2) is 54.6 Å². The Morgan fingerprint density at radius 2 is 1.96 bits per heavy atom. The normalized spacial score (nSPS) is 19.4. The fourth-order valence-electron chi connectivity index (χ4n) is 3.36. The molecular formula is C19H28N2O5S. The number of nitrogens with zero attached hydrogens (tertiary/aromatic N) is 1. The predicted molar refractivity (Wildman–Crippen MR) is 103 cm³/mol. The molecule has 0 aromatic heterocycles. The third-order valence-electron chi connectivity index (χ3n) is 4.77. The molecule has 150 valence electrons. The third-order valence-corrected chi connectivity index (χ3v) is 6.85. The van der Waals surface area contributed by atoms with E-state index < -0.39 is 33.9 Å². The molecule has 1 aromatic carbocycles. The highest BCUT2D eigenvalue weighted by Crippen LogP contribution is 2.21. The van der Waals surface area contributed by atoms with Crippen LogP contribution in [0.1, 0.15) is 38.2 Å². The molecule has 2 N–H and O–H groups in total. The Morgan fingerprint density at radius 3 is 2.59 bits per heavy atom. The number of hydrogen-bond donors (Lipinski definition) is 2. The molecule has 2 rings (SSSR count). The van der Waals surface area contributed by atoms with Crippen LogP contribution in [0.2, 0.25) is 0 Å². The summed E-state index contributed by atoms with van der Waals surface area (Å²) in [7, 11) is -3.47. The van der Waals surface area contributed by atoms with Crippen LogP contribution in [0.5, 0.6) is 0 Å². The number of rotatable bonds is 9. The van der Waals surface area contributed by atoms with E-state index in [9.17, 15) is 23.1 Å². The predicted octanol–water partition coefficient (Wildman–Crippen LogP) is 1.64. The summed E-state index contributed by atoms with van der Waals surface area (Å²) in [6, 6.07) is 8.48. The van der Waals surface area contributed by atoms with Gasteiger partial charge in [-0.2, -0.15) is 4.31 Å². The van der Waals surface area contributed by atoms with Gasteiger partial charge in [0.15, 0.2) is 0 Å². The van der Waals surface area contributed by atoms with Crippen LogP contribution in [0.4, 0.5) is 0 Å². The Morgan fingerprint density at radius 1 is 1.26 bits per heavy atom. The highest BCUT2D eigenvalue weighted by molar-refractivity contribution is 7.89. The Kier molecular flexibility index (Phi) is 7.79. The Balaban J connectivity index is 2.01. The average Bonchev–Trinajstić information content (AvgIpc) is 2.65. The number of benzene rings is 1. The highest BCUT2D eigenvalue weighted by Gasteiger charge is 2.36. The minimum absolute atomic E-state index is 0.0164. The lowest BCUT2D eigenvalue weighted by molar-refractivity contribution is -0.141. The van der Waals surface area contributed by atoms with Gasteiger partial charge in [-0.25, -0.2) is 8.42 Å². The second-order valence-corrected chi connectivity index (χ2v) is 8.95. The quantitative estimate of drug-likeness (QED) is 0.660. The highest BCUT2D eigenvalue weighted by atomic mass is 32.2. The van der Waals surface area contributed by atoms with Crippen LogP contribution in [0.3, 0.4) is 0 Å². The van der Waals surface area contributed by atoms with Crippen LogP contribution in [0.15, 0.2) is 30.3 Å². The number of carbonyl (C=O) groups is 2. The van der Waals surface area contributed by atoms with Crippen molar-refractivity contribution in [3.63, 3.8) is 0 Å². The van der Waals surface area contributed by atoms with Crippen LogP contribution in [0.25, 0.3) is 0 Å². The molecule has 1 fully saturated rings. The molecule has 2 unspecified atom stereocenters. The van der Waals surface area contributed by atoms with Gasteiger partial charge in [0.05, 0.1) is 11.7 Å². The first kappa shape index (κ1) is 21.4. The van der Waals surface area contributed by atoms with E-state index in [-0.39, 0.29) is 12.3 Å². The third kappa shape index (κ3) is 6.04. The molecule has 8 heteroatoms. The number of hydrogen-bond acceptors (Lipinski definition) is 4. The zero-order valence-electron chi connectivity index (χ0n) is 15.6. The molecule has 2 atom stereocenters. The summed E-state index contributed by atoms with van der Waals surface area (Å²) in [6.45, 7) is 2.10. The lowest BCUT2D eigenvalue weighted by atomic mass is 9.99. The summed E-state index contributed by atoms with van der Waals surface area (Å²) in [5, 5.41) is 12.1. The second-order valence-electron chi connectivity index (χ2n) is 6.91. The smallest absolute Gasteiger partial charge is 0.308 e. The van der Waals surface area contributed by atoms with Crippen molar-refractivity contribution in [3.8, 4) is 0 Å². The Hall–Kier alpha value is -1.93. The molecule has 0 saturated carbocycles. The number of amides is 1.